The van der Waals surface area contributed by atoms with Crippen LogP contribution < -0.4 is 9.04 Å². The average Bonchev–Trinajstić information content (AvgIpc) is 2.72. The number of nitrogens with zero attached hydrogens (tertiary/aromatic N) is 2. The molecule has 2 aromatic rings. The van der Waals surface area contributed by atoms with Crippen LogP contribution in [0.5, 0.6) is 5.75 Å². The fourth-order valence-electron chi connectivity index (χ4n) is 3.60. The van der Waals surface area contributed by atoms with Crippen LogP contribution in [0.1, 0.15) is 25.3 Å². The van der Waals surface area contributed by atoms with Crippen LogP contribution in [0.2, 0.25) is 0 Å². The maximum absolute atomic E-state index is 13.5. The Kier molecular flexibility index (Phi) is 7.08. The van der Waals surface area contributed by atoms with Gasteiger partial charge in [0.05, 0.1) is 22.2 Å². The number of halogens is 1. The highest BCUT2D eigenvalue weighted by atomic mass is 79.9. The Morgan fingerprint density at radius 2 is 1.93 bits per heavy atom. The fourth-order valence-corrected chi connectivity index (χ4v) is 5.73. The molecule has 0 aliphatic carbocycles. The second-order valence-electron chi connectivity index (χ2n) is 7.73. The molecule has 0 unspecified atom stereocenters. The summed E-state index contributed by atoms with van der Waals surface area (Å²) in [5.74, 6) is 0.775. The maximum Gasteiger partial charge on any atom is 0.264 e. The summed E-state index contributed by atoms with van der Waals surface area (Å²) in [6, 6.07) is 11.7. The number of aryl methyl sites for hydroxylation is 1. The van der Waals surface area contributed by atoms with E-state index >= 15 is 0 Å². The summed E-state index contributed by atoms with van der Waals surface area (Å²) in [6.07, 6.45) is 2.03. The number of piperidine rings is 1. The van der Waals surface area contributed by atoms with Gasteiger partial charge in [0.15, 0.2) is 0 Å². The molecule has 162 valence electrons. The average molecular weight is 495 g/mol. The van der Waals surface area contributed by atoms with Gasteiger partial charge < -0.3 is 9.64 Å². The predicted octanol–water partition coefficient (Wildman–Crippen LogP) is 4.22. The number of carbonyl (C=O) groups is 1. The Labute approximate surface area is 187 Å². The number of rotatable bonds is 6. The van der Waals surface area contributed by atoms with E-state index < -0.39 is 10.0 Å². The molecule has 1 heterocycles. The SMILES string of the molecule is COc1ccc(S(=O)(=O)N(CC(=O)N2CCC[C@H](C)C2)c2ccc(C)cc2)cc1Br. The molecule has 8 heteroatoms. The zero-order valence-corrected chi connectivity index (χ0v) is 19.9. The van der Waals surface area contributed by atoms with Crippen LogP contribution in [0, 0.1) is 12.8 Å². The summed E-state index contributed by atoms with van der Waals surface area (Å²) in [4.78, 5) is 14.9. The molecule has 1 aliphatic rings. The van der Waals surface area contributed by atoms with Crippen molar-refractivity contribution in [1.29, 1.82) is 0 Å². The lowest BCUT2D eigenvalue weighted by atomic mass is 10.0. The van der Waals surface area contributed by atoms with Crippen molar-refractivity contribution in [3.8, 4) is 5.75 Å². The van der Waals surface area contributed by atoms with E-state index in [1.807, 2.05) is 19.1 Å². The number of anilines is 1. The van der Waals surface area contributed by atoms with Crippen molar-refractivity contribution in [3.05, 3.63) is 52.5 Å². The molecule has 2 aromatic carbocycles. The lowest BCUT2D eigenvalue weighted by Crippen LogP contribution is -2.46. The van der Waals surface area contributed by atoms with Gasteiger partial charge in [-0.05, 0) is 71.9 Å². The van der Waals surface area contributed by atoms with Gasteiger partial charge in [-0.15, -0.1) is 0 Å². The molecule has 1 atom stereocenters. The van der Waals surface area contributed by atoms with Crippen molar-refractivity contribution in [1.82, 2.24) is 4.90 Å². The van der Waals surface area contributed by atoms with Gasteiger partial charge >= 0.3 is 0 Å². The molecule has 1 saturated heterocycles. The highest BCUT2D eigenvalue weighted by Gasteiger charge is 2.30. The molecule has 6 nitrogen and oxygen atoms in total. The van der Waals surface area contributed by atoms with Gasteiger partial charge in [-0.2, -0.15) is 0 Å². The Morgan fingerprint density at radius 1 is 1.23 bits per heavy atom. The molecule has 1 aliphatic heterocycles. The third-order valence-electron chi connectivity index (χ3n) is 5.32. The Morgan fingerprint density at radius 3 is 2.53 bits per heavy atom. The molecule has 0 saturated carbocycles. The van der Waals surface area contributed by atoms with Crippen molar-refractivity contribution in [3.63, 3.8) is 0 Å². The van der Waals surface area contributed by atoms with Crippen LogP contribution in [0.25, 0.3) is 0 Å². The van der Waals surface area contributed by atoms with Gasteiger partial charge in [0, 0.05) is 13.1 Å². The minimum Gasteiger partial charge on any atom is -0.496 e. The number of benzene rings is 2. The molecule has 0 spiro atoms. The predicted molar refractivity (Wildman–Crippen MR) is 121 cm³/mol. The summed E-state index contributed by atoms with van der Waals surface area (Å²) in [7, 11) is -2.44. The van der Waals surface area contributed by atoms with Crippen LogP contribution in [0.15, 0.2) is 51.8 Å². The minimum atomic E-state index is -3.96. The third-order valence-corrected chi connectivity index (χ3v) is 7.71. The molecule has 0 aromatic heterocycles. The van der Waals surface area contributed by atoms with Crippen molar-refractivity contribution in [2.45, 2.75) is 31.6 Å². The van der Waals surface area contributed by atoms with Gasteiger partial charge in [-0.1, -0.05) is 24.6 Å². The largest absolute Gasteiger partial charge is 0.496 e. The van der Waals surface area contributed by atoms with Crippen LogP contribution in [0.3, 0.4) is 0 Å². The molecule has 0 radical (unpaired) electrons. The standard InChI is InChI=1S/C22H27BrN2O4S/c1-16-6-8-18(9-7-16)25(15-22(26)24-12-4-5-17(2)14-24)30(27,28)19-10-11-21(29-3)20(23)13-19/h6-11,13,17H,4-5,12,14-15H2,1-3H3/t17-/m0/s1. The summed E-state index contributed by atoms with van der Waals surface area (Å²) in [5.41, 5.74) is 1.48. The molecular weight excluding hydrogens is 468 g/mol. The van der Waals surface area contributed by atoms with Gasteiger partial charge in [0.2, 0.25) is 5.91 Å². The first-order valence-electron chi connectivity index (χ1n) is 9.93. The molecular formula is C22H27BrN2O4S. The quantitative estimate of drug-likeness (QED) is 0.602. The highest BCUT2D eigenvalue weighted by molar-refractivity contribution is 9.10. The van der Waals surface area contributed by atoms with E-state index in [1.165, 1.54) is 23.5 Å². The highest BCUT2D eigenvalue weighted by Crippen LogP contribution is 2.31. The molecule has 0 N–H and O–H groups in total. The summed E-state index contributed by atoms with van der Waals surface area (Å²) in [6.45, 7) is 5.14. The topological polar surface area (TPSA) is 66.9 Å². The smallest absolute Gasteiger partial charge is 0.264 e. The Balaban J connectivity index is 1.97. The molecule has 3 rings (SSSR count). The normalized spacial score (nSPS) is 16.9. The number of likely N-dealkylation sites (tertiary alicyclic amines) is 1. The van der Waals surface area contributed by atoms with E-state index in [1.54, 1.807) is 23.1 Å². The molecule has 1 amide bonds. The zero-order valence-electron chi connectivity index (χ0n) is 17.5. The first-order valence-corrected chi connectivity index (χ1v) is 12.2. The second-order valence-corrected chi connectivity index (χ2v) is 10.4. The van der Waals surface area contributed by atoms with Crippen molar-refractivity contribution < 1.29 is 17.9 Å². The van der Waals surface area contributed by atoms with E-state index in [-0.39, 0.29) is 17.3 Å². The lowest BCUT2D eigenvalue weighted by Gasteiger charge is -2.33. The number of amides is 1. The van der Waals surface area contributed by atoms with Crippen molar-refractivity contribution in [2.75, 3.05) is 31.0 Å². The fraction of sp³-hybridized carbons (Fsp3) is 0.409. The van der Waals surface area contributed by atoms with Gasteiger partial charge in [0.25, 0.3) is 10.0 Å². The maximum atomic E-state index is 13.5. The van der Waals surface area contributed by atoms with Crippen molar-refractivity contribution >= 4 is 37.5 Å². The molecule has 30 heavy (non-hydrogen) atoms. The van der Waals surface area contributed by atoms with Crippen LogP contribution >= 0.6 is 15.9 Å². The number of hydrogen-bond acceptors (Lipinski definition) is 4. The van der Waals surface area contributed by atoms with Crippen molar-refractivity contribution in [2.24, 2.45) is 5.92 Å². The minimum absolute atomic E-state index is 0.0931. The van der Waals surface area contributed by atoms with E-state index in [9.17, 15) is 13.2 Å². The first kappa shape index (κ1) is 22.6. The van der Waals surface area contributed by atoms with E-state index in [4.69, 9.17) is 4.74 Å². The van der Waals surface area contributed by atoms with Gasteiger partial charge in [-0.3, -0.25) is 9.10 Å². The monoisotopic (exact) mass is 494 g/mol. The number of hydrogen-bond donors (Lipinski definition) is 0. The van der Waals surface area contributed by atoms with E-state index in [2.05, 4.69) is 22.9 Å². The van der Waals surface area contributed by atoms with E-state index in [0.717, 1.165) is 18.4 Å². The van der Waals surface area contributed by atoms with Crippen LogP contribution in [0.4, 0.5) is 5.69 Å². The number of carbonyl (C=O) groups excluding carboxylic acids is 1. The number of sulfonamides is 1. The van der Waals surface area contributed by atoms with Gasteiger partial charge in [0.1, 0.15) is 12.3 Å². The Bertz CT molecular complexity index is 1010. The summed E-state index contributed by atoms with van der Waals surface area (Å²) in [5, 5.41) is 0. The van der Waals surface area contributed by atoms with Gasteiger partial charge in [-0.25, -0.2) is 8.42 Å². The van der Waals surface area contributed by atoms with Crippen LogP contribution in [-0.4, -0.2) is 46.0 Å². The molecule has 0 bridgehead atoms. The first-order chi connectivity index (χ1) is 14.2. The second kappa shape index (κ2) is 9.39. The number of ether oxygens (including phenoxy) is 1. The van der Waals surface area contributed by atoms with Crippen LogP contribution in [-0.2, 0) is 14.8 Å². The third kappa shape index (κ3) is 4.98. The Hall–Kier alpha value is -2.06. The summed E-state index contributed by atoms with van der Waals surface area (Å²) < 4.78 is 34.0. The lowest BCUT2D eigenvalue weighted by molar-refractivity contribution is -0.131. The summed E-state index contributed by atoms with van der Waals surface area (Å²) >= 11 is 3.35. The molecule has 1 fully saturated rings. The number of methoxy groups -OCH3 is 1. The zero-order chi connectivity index (χ0) is 21.9. The van der Waals surface area contributed by atoms with E-state index in [0.29, 0.717) is 34.9 Å².